The number of halogens is 4. The van der Waals surface area contributed by atoms with E-state index in [9.17, 15) is 17.6 Å². The fourth-order valence-corrected chi connectivity index (χ4v) is 2.04. The second-order valence-electron chi connectivity index (χ2n) is 4.06. The van der Waals surface area contributed by atoms with Crippen molar-refractivity contribution in [3.05, 3.63) is 47.5 Å². The van der Waals surface area contributed by atoms with Gasteiger partial charge >= 0.3 is 0 Å². The topological polar surface area (TPSA) is 12.5 Å². The van der Waals surface area contributed by atoms with Gasteiger partial charge < -0.3 is 9.64 Å². The summed E-state index contributed by atoms with van der Waals surface area (Å²) in [6, 6.07) is 6.41. The largest absolute Gasteiger partial charge is 0.450 e. The van der Waals surface area contributed by atoms with Crippen molar-refractivity contribution in [1.82, 2.24) is 0 Å². The van der Waals surface area contributed by atoms with Gasteiger partial charge in [-0.3, -0.25) is 0 Å². The maximum atomic E-state index is 13.8. The van der Waals surface area contributed by atoms with Crippen LogP contribution in [0.15, 0.2) is 24.3 Å². The van der Waals surface area contributed by atoms with Crippen molar-refractivity contribution in [2.75, 3.05) is 11.9 Å². The Bertz CT molecular complexity index is 687. The third-order valence-electron chi connectivity index (χ3n) is 2.97. The lowest BCUT2D eigenvalue weighted by atomic mass is 10.1. The molecule has 0 fully saturated rings. The number of nitrogens with zero attached hydrogens (tertiary/aromatic N) is 1. The molecule has 0 saturated heterocycles. The van der Waals surface area contributed by atoms with Crippen LogP contribution in [0.25, 0.3) is 0 Å². The molecule has 0 N–H and O–H groups in total. The summed E-state index contributed by atoms with van der Waals surface area (Å²) >= 11 is 0. The second-order valence-corrected chi connectivity index (χ2v) is 4.06. The van der Waals surface area contributed by atoms with Gasteiger partial charge in [0.05, 0.1) is 5.69 Å². The highest BCUT2D eigenvalue weighted by atomic mass is 19.2. The molecule has 0 bridgehead atoms. The van der Waals surface area contributed by atoms with Crippen molar-refractivity contribution in [3.63, 3.8) is 0 Å². The summed E-state index contributed by atoms with van der Waals surface area (Å²) < 4.78 is 59.0. The standard InChI is InChI=1S/C13H7F4NO/c1-18-6-4-2-3-5-7(6)19-13-11(17)9(15)8(14)10(16)12(13)18/h2-5H,1H3. The first-order chi connectivity index (χ1) is 9.02. The van der Waals surface area contributed by atoms with Crippen molar-refractivity contribution in [1.29, 1.82) is 0 Å². The van der Waals surface area contributed by atoms with Crippen molar-refractivity contribution in [2.45, 2.75) is 0 Å². The molecule has 0 saturated carbocycles. The lowest BCUT2D eigenvalue weighted by Gasteiger charge is -2.30. The van der Waals surface area contributed by atoms with Crippen molar-refractivity contribution in [2.24, 2.45) is 0 Å². The number of benzene rings is 2. The van der Waals surface area contributed by atoms with Gasteiger partial charge in [-0.15, -0.1) is 0 Å². The van der Waals surface area contributed by atoms with E-state index >= 15 is 0 Å². The molecule has 0 unspecified atom stereocenters. The summed E-state index contributed by atoms with van der Waals surface area (Å²) in [6.07, 6.45) is 0. The minimum absolute atomic E-state index is 0.238. The lowest BCUT2D eigenvalue weighted by molar-refractivity contribution is 0.368. The van der Waals surface area contributed by atoms with E-state index in [4.69, 9.17) is 4.74 Å². The molecule has 3 rings (SSSR count). The van der Waals surface area contributed by atoms with Gasteiger partial charge in [0.1, 0.15) is 5.69 Å². The van der Waals surface area contributed by atoms with Crippen LogP contribution in [-0.4, -0.2) is 7.05 Å². The molecule has 0 aromatic heterocycles. The third kappa shape index (κ3) is 1.49. The van der Waals surface area contributed by atoms with E-state index in [2.05, 4.69) is 0 Å². The van der Waals surface area contributed by atoms with Crippen LogP contribution in [0.3, 0.4) is 0 Å². The molecule has 19 heavy (non-hydrogen) atoms. The number of rotatable bonds is 0. The Morgan fingerprint density at radius 3 is 2.26 bits per heavy atom. The molecule has 98 valence electrons. The number of ether oxygens (including phenoxy) is 1. The van der Waals surface area contributed by atoms with Crippen LogP contribution in [0.1, 0.15) is 0 Å². The van der Waals surface area contributed by atoms with E-state index in [0.717, 1.165) is 0 Å². The van der Waals surface area contributed by atoms with Gasteiger partial charge in [-0.05, 0) is 12.1 Å². The van der Waals surface area contributed by atoms with Gasteiger partial charge in [0, 0.05) is 7.05 Å². The molecule has 0 radical (unpaired) electrons. The summed E-state index contributed by atoms with van der Waals surface area (Å²) in [7, 11) is 1.42. The average molecular weight is 269 g/mol. The first kappa shape index (κ1) is 11.8. The zero-order valence-corrected chi connectivity index (χ0v) is 9.68. The lowest BCUT2D eigenvalue weighted by Crippen LogP contribution is -2.19. The molecule has 0 amide bonds. The zero-order chi connectivity index (χ0) is 13.7. The highest BCUT2D eigenvalue weighted by Crippen LogP contribution is 2.49. The highest BCUT2D eigenvalue weighted by Gasteiger charge is 2.33. The van der Waals surface area contributed by atoms with E-state index in [1.165, 1.54) is 18.0 Å². The SMILES string of the molecule is CN1c2ccccc2Oc2c(F)c(F)c(F)c(F)c21. The van der Waals surface area contributed by atoms with Gasteiger partial charge in [-0.1, -0.05) is 12.1 Å². The molecule has 2 nitrogen and oxygen atoms in total. The monoisotopic (exact) mass is 269 g/mol. The third-order valence-corrected chi connectivity index (χ3v) is 2.97. The number of anilines is 2. The van der Waals surface area contributed by atoms with Gasteiger partial charge in [-0.2, -0.15) is 4.39 Å². The Morgan fingerprint density at radius 2 is 1.53 bits per heavy atom. The summed E-state index contributed by atoms with van der Waals surface area (Å²) in [5, 5.41) is 0. The average Bonchev–Trinajstić information content (AvgIpc) is 2.43. The van der Waals surface area contributed by atoms with E-state index in [-0.39, 0.29) is 5.75 Å². The number of hydrogen-bond donors (Lipinski definition) is 0. The van der Waals surface area contributed by atoms with Crippen LogP contribution in [0.2, 0.25) is 0 Å². The van der Waals surface area contributed by atoms with Crippen LogP contribution in [0, 0.1) is 23.3 Å². The highest BCUT2D eigenvalue weighted by molar-refractivity contribution is 5.78. The van der Waals surface area contributed by atoms with Gasteiger partial charge in [0.2, 0.25) is 11.6 Å². The molecular formula is C13H7F4NO. The molecule has 2 aromatic rings. The fraction of sp³-hybridized carbons (Fsp3) is 0.0769. The molecule has 1 aliphatic rings. The zero-order valence-electron chi connectivity index (χ0n) is 9.68. The van der Waals surface area contributed by atoms with Crippen LogP contribution in [-0.2, 0) is 0 Å². The van der Waals surface area contributed by atoms with E-state index in [0.29, 0.717) is 5.69 Å². The maximum Gasteiger partial charge on any atom is 0.206 e. The van der Waals surface area contributed by atoms with E-state index < -0.39 is 34.7 Å². The summed E-state index contributed by atoms with van der Waals surface area (Å²) in [5.41, 5.74) is -0.0330. The van der Waals surface area contributed by atoms with E-state index in [1.807, 2.05) is 0 Å². The summed E-state index contributed by atoms with van der Waals surface area (Å²) in [4.78, 5) is 1.22. The van der Waals surface area contributed by atoms with Gasteiger partial charge in [0.25, 0.3) is 0 Å². The minimum atomic E-state index is -1.89. The Balaban J connectivity index is 2.32. The molecular weight excluding hydrogens is 262 g/mol. The quantitative estimate of drug-likeness (QED) is 0.405. The number of hydrogen-bond acceptors (Lipinski definition) is 2. The Labute approximate surface area is 105 Å². The van der Waals surface area contributed by atoms with Gasteiger partial charge in [-0.25, -0.2) is 13.2 Å². The summed E-state index contributed by atoms with van der Waals surface area (Å²) in [6.45, 7) is 0. The first-order valence-electron chi connectivity index (χ1n) is 5.39. The molecule has 2 aromatic carbocycles. The predicted molar refractivity (Wildman–Crippen MR) is 60.9 cm³/mol. The van der Waals surface area contributed by atoms with Crippen LogP contribution < -0.4 is 9.64 Å². The summed E-state index contributed by atoms with van der Waals surface area (Å²) in [5.74, 6) is -7.18. The Morgan fingerprint density at radius 1 is 0.895 bits per heavy atom. The van der Waals surface area contributed by atoms with Gasteiger partial charge in [0.15, 0.2) is 23.1 Å². The second kappa shape index (κ2) is 3.88. The van der Waals surface area contributed by atoms with Crippen LogP contribution in [0.5, 0.6) is 11.5 Å². The molecule has 1 heterocycles. The molecule has 0 aliphatic carbocycles. The normalized spacial score (nSPS) is 12.8. The molecule has 1 aliphatic heterocycles. The number of para-hydroxylation sites is 2. The van der Waals surface area contributed by atoms with Crippen molar-refractivity contribution < 1.29 is 22.3 Å². The van der Waals surface area contributed by atoms with E-state index in [1.54, 1.807) is 18.2 Å². The Kier molecular flexibility index (Phi) is 2.41. The van der Waals surface area contributed by atoms with Crippen LogP contribution >= 0.6 is 0 Å². The molecule has 0 atom stereocenters. The maximum absolute atomic E-state index is 13.8. The minimum Gasteiger partial charge on any atom is -0.450 e. The fourth-order valence-electron chi connectivity index (χ4n) is 2.04. The predicted octanol–water partition coefficient (Wildman–Crippen LogP) is 4.12. The number of fused-ring (bicyclic) bond motifs is 2. The van der Waals surface area contributed by atoms with Crippen molar-refractivity contribution >= 4 is 11.4 Å². The van der Waals surface area contributed by atoms with Crippen LogP contribution in [0.4, 0.5) is 28.9 Å². The molecule has 0 spiro atoms. The van der Waals surface area contributed by atoms with Crippen molar-refractivity contribution in [3.8, 4) is 11.5 Å². The smallest absolute Gasteiger partial charge is 0.206 e. The first-order valence-corrected chi connectivity index (χ1v) is 5.39. The molecule has 6 heteroatoms. The Hall–Kier alpha value is -2.24.